The number of carbonyl (C=O) groups excluding carboxylic acids is 1. The zero-order chi connectivity index (χ0) is 13.4. The van der Waals surface area contributed by atoms with Gasteiger partial charge in [-0.25, -0.2) is 0 Å². The molecule has 0 amide bonds. The van der Waals surface area contributed by atoms with E-state index in [1.165, 1.54) is 24.3 Å². The summed E-state index contributed by atoms with van der Waals surface area (Å²) in [4.78, 5) is 21.6. The van der Waals surface area contributed by atoms with Crippen molar-refractivity contribution in [1.29, 1.82) is 0 Å². The standard InChI is InChI=1S/C12H15NO5/c1-17-7-2-8-18-9-12(14)10-3-5-11(6-4-10)13(15)16/h3-6H,2,7-9H2,1H3. The summed E-state index contributed by atoms with van der Waals surface area (Å²) < 4.78 is 10.0. The quantitative estimate of drug-likeness (QED) is 0.305. The van der Waals surface area contributed by atoms with Gasteiger partial charge in [0.15, 0.2) is 5.78 Å². The molecule has 0 aliphatic heterocycles. The Kier molecular flexibility index (Phi) is 5.96. The lowest BCUT2D eigenvalue weighted by Crippen LogP contribution is -2.10. The van der Waals surface area contributed by atoms with Gasteiger partial charge in [-0.1, -0.05) is 0 Å². The monoisotopic (exact) mass is 253 g/mol. The first-order chi connectivity index (χ1) is 8.65. The van der Waals surface area contributed by atoms with E-state index >= 15 is 0 Å². The summed E-state index contributed by atoms with van der Waals surface area (Å²) in [6, 6.07) is 5.47. The molecule has 0 bridgehead atoms. The molecule has 0 atom stereocenters. The van der Waals surface area contributed by atoms with Crippen molar-refractivity contribution >= 4 is 11.5 Å². The van der Waals surface area contributed by atoms with Gasteiger partial charge in [0.25, 0.3) is 5.69 Å². The van der Waals surface area contributed by atoms with Crippen LogP contribution in [0.15, 0.2) is 24.3 Å². The van der Waals surface area contributed by atoms with Gasteiger partial charge in [-0.15, -0.1) is 0 Å². The first-order valence-corrected chi connectivity index (χ1v) is 5.49. The number of nitro benzene ring substituents is 1. The number of hydrogen-bond acceptors (Lipinski definition) is 5. The average molecular weight is 253 g/mol. The van der Waals surface area contributed by atoms with Gasteiger partial charge in [-0.05, 0) is 18.6 Å². The number of rotatable bonds is 8. The van der Waals surface area contributed by atoms with Crippen LogP contribution in [0.4, 0.5) is 5.69 Å². The number of carbonyl (C=O) groups is 1. The van der Waals surface area contributed by atoms with E-state index in [9.17, 15) is 14.9 Å². The second kappa shape index (κ2) is 7.52. The number of nitro groups is 1. The van der Waals surface area contributed by atoms with Gasteiger partial charge in [-0.2, -0.15) is 0 Å². The predicted molar refractivity (Wildman–Crippen MR) is 64.7 cm³/mol. The molecule has 0 unspecified atom stereocenters. The summed E-state index contributed by atoms with van der Waals surface area (Å²) >= 11 is 0. The average Bonchev–Trinajstić information content (AvgIpc) is 2.38. The van der Waals surface area contributed by atoms with Crippen molar-refractivity contribution in [2.45, 2.75) is 6.42 Å². The van der Waals surface area contributed by atoms with Crippen LogP contribution >= 0.6 is 0 Å². The zero-order valence-corrected chi connectivity index (χ0v) is 10.1. The molecule has 0 saturated heterocycles. The van der Waals surface area contributed by atoms with Gasteiger partial charge in [0.2, 0.25) is 0 Å². The maximum absolute atomic E-state index is 11.6. The van der Waals surface area contributed by atoms with Crippen molar-refractivity contribution in [3.8, 4) is 0 Å². The Labute approximate surface area is 105 Å². The molecule has 0 fully saturated rings. The number of methoxy groups -OCH3 is 1. The first kappa shape index (κ1) is 14.3. The second-order valence-corrected chi connectivity index (χ2v) is 3.63. The van der Waals surface area contributed by atoms with E-state index in [4.69, 9.17) is 9.47 Å². The molecule has 98 valence electrons. The number of hydrogen-bond donors (Lipinski definition) is 0. The van der Waals surface area contributed by atoms with Crippen molar-refractivity contribution in [2.75, 3.05) is 26.9 Å². The van der Waals surface area contributed by atoms with Gasteiger partial charge >= 0.3 is 0 Å². The molecule has 0 aliphatic carbocycles. The fourth-order valence-electron chi connectivity index (χ4n) is 1.32. The predicted octanol–water partition coefficient (Wildman–Crippen LogP) is 1.83. The SMILES string of the molecule is COCCCOCC(=O)c1ccc([N+](=O)[O-])cc1. The topological polar surface area (TPSA) is 78.7 Å². The Morgan fingerprint density at radius 2 is 1.94 bits per heavy atom. The number of nitrogens with zero attached hydrogens (tertiary/aromatic N) is 1. The van der Waals surface area contributed by atoms with Crippen molar-refractivity contribution in [1.82, 2.24) is 0 Å². The number of benzene rings is 1. The molecule has 6 heteroatoms. The summed E-state index contributed by atoms with van der Waals surface area (Å²) in [5.74, 6) is -0.192. The molecule has 18 heavy (non-hydrogen) atoms. The minimum atomic E-state index is -0.504. The molecule has 0 radical (unpaired) electrons. The first-order valence-electron chi connectivity index (χ1n) is 5.49. The highest BCUT2D eigenvalue weighted by atomic mass is 16.6. The zero-order valence-electron chi connectivity index (χ0n) is 10.1. The molecule has 6 nitrogen and oxygen atoms in total. The molecule has 0 spiro atoms. The van der Waals surface area contributed by atoms with Crippen LogP contribution in [0.2, 0.25) is 0 Å². The van der Waals surface area contributed by atoms with Crippen molar-refractivity contribution in [3.63, 3.8) is 0 Å². The van der Waals surface area contributed by atoms with E-state index in [-0.39, 0.29) is 18.1 Å². The lowest BCUT2D eigenvalue weighted by Gasteiger charge is -2.03. The molecule has 1 aromatic rings. The Hall–Kier alpha value is -1.79. The number of ketones is 1. The van der Waals surface area contributed by atoms with Crippen LogP contribution in [0, 0.1) is 10.1 Å². The van der Waals surface area contributed by atoms with Crippen LogP contribution in [0.3, 0.4) is 0 Å². The van der Waals surface area contributed by atoms with Gasteiger partial charge in [0.1, 0.15) is 6.61 Å². The molecule has 1 aromatic carbocycles. The van der Waals surface area contributed by atoms with E-state index < -0.39 is 4.92 Å². The minimum Gasteiger partial charge on any atom is -0.385 e. The molecular weight excluding hydrogens is 238 g/mol. The molecule has 0 aliphatic rings. The summed E-state index contributed by atoms with van der Waals surface area (Å²) in [5, 5.41) is 10.4. The molecule has 1 rings (SSSR count). The van der Waals surface area contributed by atoms with E-state index in [2.05, 4.69) is 0 Å². The lowest BCUT2D eigenvalue weighted by molar-refractivity contribution is -0.384. The fraction of sp³-hybridized carbons (Fsp3) is 0.417. The summed E-state index contributed by atoms with van der Waals surface area (Å²) in [5.41, 5.74) is 0.375. The molecule has 0 aromatic heterocycles. The minimum absolute atomic E-state index is 0.0263. The molecule has 0 saturated carbocycles. The Bertz CT molecular complexity index is 401. The second-order valence-electron chi connectivity index (χ2n) is 3.63. The largest absolute Gasteiger partial charge is 0.385 e. The van der Waals surface area contributed by atoms with E-state index in [0.717, 1.165) is 6.42 Å². The van der Waals surface area contributed by atoms with Crippen LogP contribution in [-0.2, 0) is 9.47 Å². The van der Waals surface area contributed by atoms with Crippen molar-refractivity contribution < 1.29 is 19.2 Å². The Morgan fingerprint density at radius 3 is 2.50 bits per heavy atom. The summed E-state index contributed by atoms with van der Waals surface area (Å²) in [6.45, 7) is 1.01. The third-order valence-electron chi connectivity index (χ3n) is 2.27. The highest BCUT2D eigenvalue weighted by Crippen LogP contribution is 2.12. The van der Waals surface area contributed by atoms with Gasteiger partial charge in [0.05, 0.1) is 4.92 Å². The van der Waals surface area contributed by atoms with Crippen LogP contribution in [0.5, 0.6) is 0 Å². The third kappa shape index (κ3) is 4.60. The summed E-state index contributed by atoms with van der Waals surface area (Å²) in [7, 11) is 1.60. The highest BCUT2D eigenvalue weighted by molar-refractivity contribution is 5.97. The third-order valence-corrected chi connectivity index (χ3v) is 2.27. The van der Waals surface area contributed by atoms with Crippen LogP contribution in [0.1, 0.15) is 16.8 Å². The van der Waals surface area contributed by atoms with Crippen LogP contribution in [-0.4, -0.2) is 37.6 Å². The van der Waals surface area contributed by atoms with Gasteiger partial charge in [0, 0.05) is 38.0 Å². The highest BCUT2D eigenvalue weighted by Gasteiger charge is 2.09. The number of non-ortho nitro benzene ring substituents is 1. The van der Waals surface area contributed by atoms with Crippen molar-refractivity contribution in [3.05, 3.63) is 39.9 Å². The number of ether oxygens (including phenoxy) is 2. The smallest absolute Gasteiger partial charge is 0.269 e. The van der Waals surface area contributed by atoms with E-state index in [1.807, 2.05) is 0 Å². The maximum Gasteiger partial charge on any atom is 0.269 e. The maximum atomic E-state index is 11.6. The summed E-state index contributed by atoms with van der Waals surface area (Å²) in [6.07, 6.45) is 0.726. The van der Waals surface area contributed by atoms with Crippen LogP contribution in [0.25, 0.3) is 0 Å². The fourth-order valence-corrected chi connectivity index (χ4v) is 1.32. The lowest BCUT2D eigenvalue weighted by atomic mass is 10.1. The van der Waals surface area contributed by atoms with Gasteiger partial charge in [-0.3, -0.25) is 14.9 Å². The molecular formula is C12H15NO5. The Balaban J connectivity index is 2.39. The van der Waals surface area contributed by atoms with Crippen LogP contribution < -0.4 is 0 Å². The van der Waals surface area contributed by atoms with Crippen molar-refractivity contribution in [2.24, 2.45) is 0 Å². The van der Waals surface area contributed by atoms with Gasteiger partial charge < -0.3 is 9.47 Å². The Morgan fingerprint density at radius 1 is 1.28 bits per heavy atom. The van der Waals surface area contributed by atoms with E-state index in [1.54, 1.807) is 7.11 Å². The number of Topliss-reactive ketones (excluding diaryl/α,β-unsaturated/α-hetero) is 1. The molecule has 0 heterocycles. The molecule has 0 N–H and O–H groups in total. The normalized spacial score (nSPS) is 10.3. The van der Waals surface area contributed by atoms with E-state index in [0.29, 0.717) is 18.8 Å².